The molecule has 9 nitrogen and oxygen atoms in total. The smallest absolute Gasteiger partial charge is 0.326 e. The highest BCUT2D eigenvalue weighted by molar-refractivity contribution is 15.0. The zero-order valence-corrected chi connectivity index (χ0v) is 32.4. The standard InChI is InChI=1S/C13H11ClO3S.C13H17NO2.C7H8O3S.I2/c1-10-2-4-11(5-3-10)17-12-6-8-13(9-7-12)18(14,15)16;14-13(8-4-5-9-13)12(15)16-10-11-6-2-1-3-7-11;1-6-2-4-7(5-3-6)11(8,9)10;1-2/h2-9H,1H3;1-3,6-7H,4-5,8-10,14H2;2-5H,1H3,(H,8,9,10);. The van der Waals surface area contributed by atoms with Gasteiger partial charge < -0.3 is 15.2 Å². The van der Waals surface area contributed by atoms with Crippen molar-refractivity contribution in [2.24, 2.45) is 5.73 Å². The van der Waals surface area contributed by atoms with Gasteiger partial charge in [-0.05, 0) is 80.8 Å². The van der Waals surface area contributed by atoms with Crippen molar-refractivity contribution in [1.82, 2.24) is 0 Å². The summed E-state index contributed by atoms with van der Waals surface area (Å²) in [5, 5.41) is 0. The van der Waals surface area contributed by atoms with Crippen LogP contribution in [-0.2, 0) is 35.3 Å². The first kappa shape index (κ1) is 40.9. The molecule has 0 aromatic heterocycles. The Morgan fingerprint density at radius 1 is 0.766 bits per heavy atom. The third kappa shape index (κ3) is 14.8. The number of esters is 1. The van der Waals surface area contributed by atoms with Gasteiger partial charge in [0.05, 0.1) is 9.79 Å². The molecule has 0 aliphatic heterocycles. The Kier molecular flexibility index (Phi) is 17.1. The number of carbonyl (C=O) groups is 1. The fourth-order valence-corrected chi connectivity index (χ4v) is 5.45. The van der Waals surface area contributed by atoms with Gasteiger partial charge in [0.1, 0.15) is 23.6 Å². The Morgan fingerprint density at radius 2 is 1.19 bits per heavy atom. The van der Waals surface area contributed by atoms with Crippen LogP contribution in [0.15, 0.2) is 113 Å². The van der Waals surface area contributed by atoms with Gasteiger partial charge in [-0.3, -0.25) is 9.35 Å². The van der Waals surface area contributed by atoms with E-state index in [0.717, 1.165) is 42.4 Å². The van der Waals surface area contributed by atoms with E-state index in [1.54, 1.807) is 24.3 Å². The lowest BCUT2D eigenvalue weighted by Crippen LogP contribution is -2.46. The molecule has 1 fully saturated rings. The monoisotopic (exact) mass is 927 g/mol. The topological polar surface area (TPSA) is 150 Å². The maximum atomic E-state index is 11.8. The summed E-state index contributed by atoms with van der Waals surface area (Å²) < 4.78 is 62.5. The van der Waals surface area contributed by atoms with E-state index in [-0.39, 0.29) is 15.8 Å². The first-order valence-electron chi connectivity index (χ1n) is 14.1. The van der Waals surface area contributed by atoms with E-state index in [0.29, 0.717) is 18.1 Å². The Labute approximate surface area is 304 Å². The number of nitrogens with two attached hydrogens (primary N) is 1. The van der Waals surface area contributed by atoms with E-state index < -0.39 is 24.7 Å². The van der Waals surface area contributed by atoms with Gasteiger partial charge in [0.15, 0.2) is 0 Å². The fraction of sp³-hybridized carbons (Fsp3) is 0.242. The number of carbonyl (C=O) groups excluding carboxylic acids is 1. The quantitative estimate of drug-likeness (QED) is 0.0803. The molecule has 4 aromatic rings. The average Bonchev–Trinajstić information content (AvgIpc) is 3.50. The van der Waals surface area contributed by atoms with Crippen molar-refractivity contribution in [3.63, 3.8) is 0 Å². The van der Waals surface area contributed by atoms with Crippen molar-refractivity contribution < 1.29 is 35.7 Å². The van der Waals surface area contributed by atoms with Gasteiger partial charge in [-0.1, -0.05) is 78.6 Å². The van der Waals surface area contributed by atoms with Gasteiger partial charge in [0, 0.05) is 47.9 Å². The lowest BCUT2D eigenvalue weighted by atomic mass is 10.00. The highest BCUT2D eigenvalue weighted by Crippen LogP contribution is 2.28. The molecule has 254 valence electrons. The van der Waals surface area contributed by atoms with Crippen molar-refractivity contribution in [3.05, 3.63) is 120 Å². The number of hydrogen-bond donors (Lipinski definition) is 2. The van der Waals surface area contributed by atoms with Crippen LogP contribution in [0.2, 0.25) is 0 Å². The zero-order valence-electron chi connectivity index (χ0n) is 25.7. The van der Waals surface area contributed by atoms with Crippen LogP contribution in [0, 0.1) is 13.8 Å². The summed E-state index contributed by atoms with van der Waals surface area (Å²) in [6.07, 6.45) is 3.55. The second-order valence-electron chi connectivity index (χ2n) is 10.5. The van der Waals surface area contributed by atoms with Crippen LogP contribution >= 0.6 is 47.9 Å². The molecule has 1 saturated carbocycles. The molecule has 1 aliphatic rings. The molecule has 1 aliphatic carbocycles. The Bertz CT molecular complexity index is 1750. The molecule has 3 N–H and O–H groups in total. The Hall–Kier alpha value is -2.28. The molecule has 0 unspecified atom stereocenters. The number of ether oxygens (including phenoxy) is 2. The molecule has 0 spiro atoms. The molecule has 47 heavy (non-hydrogen) atoms. The van der Waals surface area contributed by atoms with Gasteiger partial charge in [0.25, 0.3) is 19.2 Å². The second-order valence-corrected chi connectivity index (χ2v) is 14.5. The van der Waals surface area contributed by atoms with Crippen molar-refractivity contribution in [2.45, 2.75) is 61.5 Å². The Balaban J connectivity index is 0.000000245. The normalized spacial score (nSPS) is 13.3. The first-order chi connectivity index (χ1) is 22.2. The van der Waals surface area contributed by atoms with Gasteiger partial charge in [-0.15, -0.1) is 0 Å². The molecule has 14 heteroatoms. The zero-order chi connectivity index (χ0) is 35.1. The third-order valence-corrected chi connectivity index (χ3v) is 9.03. The number of benzene rings is 4. The minimum absolute atomic E-state index is 0.0559. The molecule has 0 heterocycles. The van der Waals surface area contributed by atoms with Gasteiger partial charge >= 0.3 is 5.97 Å². The first-order valence-corrected chi connectivity index (χ1v) is 24.2. The molecule has 4 aromatic carbocycles. The molecule has 0 atom stereocenters. The third-order valence-electron chi connectivity index (χ3n) is 6.80. The molecular weight excluding hydrogens is 892 g/mol. The molecule has 0 saturated heterocycles. The summed E-state index contributed by atoms with van der Waals surface area (Å²) >= 11 is 4.24. The lowest BCUT2D eigenvalue weighted by Gasteiger charge is -2.20. The molecule has 5 rings (SSSR count). The van der Waals surface area contributed by atoms with Crippen molar-refractivity contribution in [1.29, 1.82) is 0 Å². The second kappa shape index (κ2) is 19.7. The maximum Gasteiger partial charge on any atom is 0.326 e. The van der Waals surface area contributed by atoms with E-state index in [1.807, 2.05) is 68.4 Å². The van der Waals surface area contributed by atoms with Gasteiger partial charge in [-0.2, -0.15) is 8.42 Å². The van der Waals surface area contributed by atoms with Crippen LogP contribution in [-0.4, -0.2) is 32.9 Å². The summed E-state index contributed by atoms with van der Waals surface area (Å²) in [6.45, 7) is 4.15. The van der Waals surface area contributed by atoms with Crippen molar-refractivity contribution in [3.8, 4) is 11.5 Å². The minimum Gasteiger partial charge on any atom is -0.459 e. The van der Waals surface area contributed by atoms with Crippen LogP contribution in [0.3, 0.4) is 0 Å². The fourth-order valence-electron chi connectivity index (χ4n) is 4.20. The van der Waals surface area contributed by atoms with Gasteiger partial charge in [-0.25, -0.2) is 8.42 Å². The van der Waals surface area contributed by atoms with Crippen LogP contribution in [0.5, 0.6) is 11.5 Å². The van der Waals surface area contributed by atoms with Crippen LogP contribution < -0.4 is 10.5 Å². The molecule has 0 amide bonds. The minimum atomic E-state index is -4.02. The summed E-state index contributed by atoms with van der Waals surface area (Å²) in [5.41, 5.74) is 8.36. The average molecular weight is 928 g/mol. The highest BCUT2D eigenvalue weighted by Gasteiger charge is 2.38. The summed E-state index contributed by atoms with van der Waals surface area (Å²) in [6, 6.07) is 29.2. The molecular formula is C33H36ClI2NO8S2. The predicted octanol–water partition coefficient (Wildman–Crippen LogP) is 8.73. The van der Waals surface area contributed by atoms with Crippen molar-refractivity contribution in [2.75, 3.05) is 0 Å². The van der Waals surface area contributed by atoms with Crippen molar-refractivity contribution >= 4 is 73.1 Å². The number of rotatable bonds is 7. The van der Waals surface area contributed by atoms with E-state index in [1.165, 1.54) is 24.3 Å². The van der Waals surface area contributed by atoms with E-state index in [9.17, 15) is 21.6 Å². The number of aryl methyl sites for hydroxylation is 2. The lowest BCUT2D eigenvalue weighted by molar-refractivity contribution is -0.151. The SMILES string of the molecule is Cc1ccc(Oc2ccc(S(=O)(=O)Cl)cc2)cc1.Cc1ccc(S(=O)(=O)O)cc1.II.NC1(C(=O)OCc2ccccc2)CCCC1. The van der Waals surface area contributed by atoms with E-state index in [2.05, 4.69) is 37.2 Å². The van der Waals surface area contributed by atoms with Gasteiger partial charge in [0.2, 0.25) is 0 Å². The maximum absolute atomic E-state index is 11.8. The molecule has 0 bridgehead atoms. The predicted molar refractivity (Wildman–Crippen MR) is 201 cm³/mol. The summed E-state index contributed by atoms with van der Waals surface area (Å²) in [4.78, 5) is 11.8. The van der Waals surface area contributed by atoms with E-state index >= 15 is 0 Å². The van der Waals surface area contributed by atoms with Crippen LogP contribution in [0.25, 0.3) is 0 Å². The highest BCUT2D eigenvalue weighted by atomic mass is 128. The summed E-state index contributed by atoms with van der Waals surface area (Å²) in [7, 11) is -2.48. The Morgan fingerprint density at radius 3 is 1.64 bits per heavy atom. The number of hydrogen-bond acceptors (Lipinski definition) is 8. The number of halogens is 3. The van der Waals surface area contributed by atoms with E-state index in [4.69, 9.17) is 30.4 Å². The molecule has 0 radical (unpaired) electrons. The summed E-state index contributed by atoms with van der Waals surface area (Å²) in [5.74, 6) is 0.999. The van der Waals surface area contributed by atoms with Crippen LogP contribution in [0.1, 0.15) is 42.4 Å². The largest absolute Gasteiger partial charge is 0.459 e. The van der Waals surface area contributed by atoms with Crippen LogP contribution in [0.4, 0.5) is 0 Å².